The van der Waals surface area contributed by atoms with Crippen molar-refractivity contribution in [2.24, 2.45) is 0 Å². The molecule has 0 unspecified atom stereocenters. The highest BCUT2D eigenvalue weighted by atomic mass is 35.5. The largest absolute Gasteiger partial charge is 0.368 e. The number of anilines is 1. The minimum Gasteiger partial charge on any atom is -0.368 e. The fourth-order valence-corrected chi connectivity index (χ4v) is 2.51. The highest BCUT2D eigenvalue weighted by Gasteiger charge is 2.13. The van der Waals surface area contributed by atoms with Crippen molar-refractivity contribution in [3.05, 3.63) is 28.8 Å². The standard InChI is InChI=1S/C16H27ClN2/c1-5-9-18-12-14-7-8-16(15(17)11-14)19(10-6-2)13(3)4/h7-8,11,13,18H,5-6,9-10,12H2,1-4H3. The molecule has 0 aliphatic heterocycles. The van der Waals surface area contributed by atoms with Gasteiger partial charge in [0.25, 0.3) is 0 Å². The Morgan fingerprint density at radius 1 is 1.21 bits per heavy atom. The molecule has 0 aromatic heterocycles. The summed E-state index contributed by atoms with van der Waals surface area (Å²) >= 11 is 6.45. The average Bonchev–Trinajstić information content (AvgIpc) is 2.37. The van der Waals surface area contributed by atoms with Crippen molar-refractivity contribution < 1.29 is 0 Å². The molecule has 0 aliphatic carbocycles. The van der Waals surface area contributed by atoms with Gasteiger partial charge in [0.05, 0.1) is 10.7 Å². The number of nitrogens with zero attached hydrogens (tertiary/aromatic N) is 1. The van der Waals surface area contributed by atoms with Crippen LogP contribution in [0.2, 0.25) is 5.02 Å². The van der Waals surface area contributed by atoms with Crippen molar-refractivity contribution in [3.63, 3.8) is 0 Å². The molecule has 0 radical (unpaired) electrons. The average molecular weight is 283 g/mol. The first kappa shape index (κ1) is 16.3. The van der Waals surface area contributed by atoms with E-state index in [1.54, 1.807) is 0 Å². The Morgan fingerprint density at radius 2 is 1.95 bits per heavy atom. The number of hydrogen-bond donors (Lipinski definition) is 1. The van der Waals surface area contributed by atoms with Crippen LogP contribution in [0.1, 0.15) is 46.1 Å². The Balaban J connectivity index is 2.80. The molecule has 0 fully saturated rings. The van der Waals surface area contributed by atoms with Crippen LogP contribution in [0.4, 0.5) is 5.69 Å². The van der Waals surface area contributed by atoms with Crippen LogP contribution in [0.25, 0.3) is 0 Å². The highest BCUT2D eigenvalue weighted by Crippen LogP contribution is 2.28. The van der Waals surface area contributed by atoms with E-state index in [0.29, 0.717) is 6.04 Å². The first-order chi connectivity index (χ1) is 9.10. The number of benzene rings is 1. The highest BCUT2D eigenvalue weighted by molar-refractivity contribution is 6.33. The fraction of sp³-hybridized carbons (Fsp3) is 0.625. The fourth-order valence-electron chi connectivity index (χ4n) is 2.20. The van der Waals surface area contributed by atoms with Crippen LogP contribution in [0.5, 0.6) is 0 Å². The second-order valence-corrected chi connectivity index (χ2v) is 5.66. The van der Waals surface area contributed by atoms with E-state index in [-0.39, 0.29) is 0 Å². The first-order valence-electron chi connectivity index (χ1n) is 7.35. The Bertz CT molecular complexity index is 377. The molecule has 2 nitrogen and oxygen atoms in total. The second kappa shape index (κ2) is 8.44. The molecule has 0 saturated heterocycles. The lowest BCUT2D eigenvalue weighted by molar-refractivity contribution is 0.667. The molecule has 0 spiro atoms. The summed E-state index contributed by atoms with van der Waals surface area (Å²) in [4.78, 5) is 2.37. The van der Waals surface area contributed by atoms with E-state index in [2.05, 4.69) is 56.1 Å². The van der Waals surface area contributed by atoms with Crippen molar-refractivity contribution in [3.8, 4) is 0 Å². The van der Waals surface area contributed by atoms with Gasteiger partial charge in [0.2, 0.25) is 0 Å². The Labute approximate surface area is 123 Å². The monoisotopic (exact) mass is 282 g/mol. The first-order valence-corrected chi connectivity index (χ1v) is 7.73. The maximum Gasteiger partial charge on any atom is 0.0642 e. The molecule has 0 atom stereocenters. The minimum atomic E-state index is 0.474. The van der Waals surface area contributed by atoms with E-state index in [1.807, 2.05) is 0 Å². The summed E-state index contributed by atoms with van der Waals surface area (Å²) in [6, 6.07) is 6.89. The maximum absolute atomic E-state index is 6.45. The molecule has 1 rings (SSSR count). The van der Waals surface area contributed by atoms with Crippen molar-refractivity contribution in [2.75, 3.05) is 18.0 Å². The van der Waals surface area contributed by atoms with Gasteiger partial charge in [0.15, 0.2) is 0 Å². The van der Waals surface area contributed by atoms with Crippen LogP contribution in [-0.2, 0) is 6.54 Å². The van der Waals surface area contributed by atoms with E-state index in [0.717, 1.165) is 43.2 Å². The Kier molecular flexibility index (Phi) is 7.25. The third kappa shape index (κ3) is 5.04. The molecule has 0 saturated carbocycles. The molecule has 108 valence electrons. The number of nitrogens with one attached hydrogen (secondary N) is 1. The second-order valence-electron chi connectivity index (χ2n) is 5.25. The predicted octanol–water partition coefficient (Wildman–Crippen LogP) is 4.46. The van der Waals surface area contributed by atoms with Gasteiger partial charge in [-0.25, -0.2) is 0 Å². The lowest BCUT2D eigenvalue weighted by Crippen LogP contribution is -2.31. The van der Waals surface area contributed by atoms with Gasteiger partial charge in [0.1, 0.15) is 0 Å². The SMILES string of the molecule is CCCNCc1ccc(N(CCC)C(C)C)c(Cl)c1. The molecule has 1 N–H and O–H groups in total. The van der Waals surface area contributed by atoms with Crippen LogP contribution >= 0.6 is 11.6 Å². The van der Waals surface area contributed by atoms with E-state index >= 15 is 0 Å². The molecule has 0 heterocycles. The van der Waals surface area contributed by atoms with Crippen LogP contribution in [0.15, 0.2) is 18.2 Å². The van der Waals surface area contributed by atoms with Crippen molar-refractivity contribution >= 4 is 17.3 Å². The third-order valence-corrected chi connectivity index (χ3v) is 3.47. The van der Waals surface area contributed by atoms with Crippen LogP contribution in [-0.4, -0.2) is 19.1 Å². The Morgan fingerprint density at radius 3 is 2.47 bits per heavy atom. The summed E-state index contributed by atoms with van der Waals surface area (Å²) in [5, 5.41) is 4.26. The normalized spacial score (nSPS) is 11.1. The van der Waals surface area contributed by atoms with Gasteiger partial charge in [0, 0.05) is 19.1 Å². The zero-order chi connectivity index (χ0) is 14.3. The van der Waals surface area contributed by atoms with E-state index in [1.165, 1.54) is 5.56 Å². The lowest BCUT2D eigenvalue weighted by atomic mass is 10.1. The van der Waals surface area contributed by atoms with E-state index in [9.17, 15) is 0 Å². The molecular weight excluding hydrogens is 256 g/mol. The van der Waals surface area contributed by atoms with Crippen molar-refractivity contribution in [1.82, 2.24) is 5.32 Å². The van der Waals surface area contributed by atoms with Gasteiger partial charge < -0.3 is 10.2 Å². The summed E-state index contributed by atoms with van der Waals surface area (Å²) in [7, 11) is 0. The summed E-state index contributed by atoms with van der Waals surface area (Å²) in [6.07, 6.45) is 2.29. The van der Waals surface area contributed by atoms with Crippen LogP contribution < -0.4 is 10.2 Å². The summed E-state index contributed by atoms with van der Waals surface area (Å²) in [6.45, 7) is 11.8. The summed E-state index contributed by atoms with van der Waals surface area (Å²) in [5.74, 6) is 0. The van der Waals surface area contributed by atoms with Gasteiger partial charge >= 0.3 is 0 Å². The maximum atomic E-state index is 6.45. The van der Waals surface area contributed by atoms with Gasteiger partial charge in [-0.3, -0.25) is 0 Å². The van der Waals surface area contributed by atoms with E-state index < -0.39 is 0 Å². The predicted molar refractivity (Wildman–Crippen MR) is 86.2 cm³/mol. The summed E-state index contributed by atoms with van der Waals surface area (Å²) in [5.41, 5.74) is 2.40. The number of halogens is 1. The van der Waals surface area contributed by atoms with Gasteiger partial charge in [-0.1, -0.05) is 31.5 Å². The quantitative estimate of drug-likeness (QED) is 0.708. The molecule has 0 aliphatic rings. The van der Waals surface area contributed by atoms with Crippen LogP contribution in [0, 0.1) is 0 Å². The molecule has 1 aromatic rings. The number of hydrogen-bond acceptors (Lipinski definition) is 2. The molecule has 0 amide bonds. The minimum absolute atomic E-state index is 0.474. The smallest absolute Gasteiger partial charge is 0.0642 e. The molecular formula is C16H27ClN2. The van der Waals surface area contributed by atoms with Gasteiger partial charge in [-0.2, -0.15) is 0 Å². The molecule has 3 heteroatoms. The molecule has 19 heavy (non-hydrogen) atoms. The molecule has 0 bridgehead atoms. The van der Waals surface area contributed by atoms with Crippen LogP contribution in [0.3, 0.4) is 0 Å². The zero-order valence-electron chi connectivity index (χ0n) is 12.7. The number of rotatable bonds is 8. The van der Waals surface area contributed by atoms with Gasteiger partial charge in [-0.15, -0.1) is 0 Å². The van der Waals surface area contributed by atoms with E-state index in [4.69, 9.17) is 11.6 Å². The van der Waals surface area contributed by atoms with Crippen molar-refractivity contribution in [1.29, 1.82) is 0 Å². The summed E-state index contributed by atoms with van der Waals surface area (Å²) < 4.78 is 0. The lowest BCUT2D eigenvalue weighted by Gasteiger charge is -2.29. The van der Waals surface area contributed by atoms with Gasteiger partial charge in [-0.05, 0) is 50.9 Å². The molecule has 1 aromatic carbocycles. The third-order valence-electron chi connectivity index (χ3n) is 3.17. The Hall–Kier alpha value is -0.730. The van der Waals surface area contributed by atoms with Crippen molar-refractivity contribution in [2.45, 2.75) is 53.1 Å². The zero-order valence-corrected chi connectivity index (χ0v) is 13.4. The topological polar surface area (TPSA) is 15.3 Å².